The Kier molecular flexibility index (Phi) is 3.70. The van der Waals surface area contributed by atoms with Crippen molar-refractivity contribution in [1.29, 1.82) is 0 Å². The number of para-hydroxylation sites is 1. The molecule has 3 aliphatic heterocycles. The Morgan fingerprint density at radius 1 is 1.17 bits per heavy atom. The van der Waals surface area contributed by atoms with E-state index in [9.17, 15) is 0 Å². The van der Waals surface area contributed by atoms with E-state index < -0.39 is 0 Å². The van der Waals surface area contributed by atoms with Crippen molar-refractivity contribution in [1.82, 2.24) is 4.90 Å². The molecule has 6 heteroatoms. The van der Waals surface area contributed by atoms with Gasteiger partial charge in [0, 0.05) is 13.1 Å². The van der Waals surface area contributed by atoms with Gasteiger partial charge in [-0.2, -0.15) is 4.99 Å². The van der Waals surface area contributed by atoms with Crippen LogP contribution in [-0.4, -0.2) is 61.5 Å². The molecule has 3 aliphatic rings. The standard InChI is InChI=1S/C18H21N4O2/c1-22-10-7-19-17(21-8-11-24-12-9-21)18(22)20-13-15(22)14-5-3-4-6-16(14)23-2/h3-7,10,13H,8-9,11-12H2,1-2H3/q+1. The second kappa shape index (κ2) is 5.89. The quantitative estimate of drug-likeness (QED) is 0.782. The lowest BCUT2D eigenvalue weighted by Gasteiger charge is -2.36. The van der Waals surface area contributed by atoms with Gasteiger partial charge < -0.3 is 14.4 Å². The van der Waals surface area contributed by atoms with E-state index in [4.69, 9.17) is 14.5 Å². The fourth-order valence-electron chi connectivity index (χ4n) is 3.36. The third-order valence-electron chi connectivity index (χ3n) is 4.70. The van der Waals surface area contributed by atoms with E-state index in [1.165, 1.54) is 0 Å². The molecule has 1 atom stereocenters. The highest BCUT2D eigenvalue weighted by atomic mass is 16.5. The van der Waals surface area contributed by atoms with Crippen molar-refractivity contribution in [2.75, 3.05) is 40.5 Å². The fraction of sp³-hybridized carbons (Fsp3) is 0.333. The van der Waals surface area contributed by atoms with Crippen LogP contribution < -0.4 is 4.74 Å². The average Bonchev–Trinajstić information content (AvgIpc) is 2.99. The predicted molar refractivity (Wildman–Crippen MR) is 93.6 cm³/mol. The molecular weight excluding hydrogens is 304 g/mol. The summed E-state index contributed by atoms with van der Waals surface area (Å²) in [6.45, 7) is 3.14. The third-order valence-corrected chi connectivity index (χ3v) is 4.70. The van der Waals surface area contributed by atoms with E-state index in [-0.39, 0.29) is 0 Å². The van der Waals surface area contributed by atoms with Gasteiger partial charge in [0.25, 0.3) is 5.84 Å². The molecule has 1 saturated heterocycles. The molecule has 0 radical (unpaired) electrons. The first kappa shape index (κ1) is 15.1. The number of fused-ring (bicyclic) bond motifs is 1. The van der Waals surface area contributed by atoms with Crippen molar-refractivity contribution in [3.63, 3.8) is 0 Å². The summed E-state index contributed by atoms with van der Waals surface area (Å²) in [7, 11) is 3.83. The molecule has 3 heterocycles. The topological polar surface area (TPSA) is 46.4 Å². The Morgan fingerprint density at radius 3 is 2.75 bits per heavy atom. The fourth-order valence-corrected chi connectivity index (χ4v) is 3.36. The number of quaternary nitrogens is 1. The Hall–Kier alpha value is -2.44. The van der Waals surface area contributed by atoms with Crippen molar-refractivity contribution in [2.24, 2.45) is 9.98 Å². The largest absolute Gasteiger partial charge is 0.496 e. The molecule has 124 valence electrons. The van der Waals surface area contributed by atoms with E-state index in [0.717, 1.165) is 55.0 Å². The van der Waals surface area contributed by atoms with Crippen molar-refractivity contribution in [3.8, 4) is 5.75 Å². The number of nitrogens with zero attached hydrogens (tertiary/aromatic N) is 4. The molecule has 24 heavy (non-hydrogen) atoms. The number of rotatable bonds is 2. The number of ether oxygens (including phenoxy) is 2. The summed E-state index contributed by atoms with van der Waals surface area (Å²) in [4.78, 5) is 11.6. The second-order valence-corrected chi connectivity index (χ2v) is 6.09. The van der Waals surface area contributed by atoms with Gasteiger partial charge in [-0.1, -0.05) is 12.1 Å². The van der Waals surface area contributed by atoms with Crippen LogP contribution in [0.25, 0.3) is 5.70 Å². The number of methoxy groups -OCH3 is 1. The highest BCUT2D eigenvalue weighted by Gasteiger charge is 2.45. The number of aliphatic imine (C=N–C) groups is 2. The van der Waals surface area contributed by atoms with Crippen LogP contribution in [0.4, 0.5) is 0 Å². The van der Waals surface area contributed by atoms with Crippen LogP contribution >= 0.6 is 0 Å². The highest BCUT2D eigenvalue weighted by Crippen LogP contribution is 2.38. The maximum Gasteiger partial charge on any atom is 0.281 e. The summed E-state index contributed by atoms with van der Waals surface area (Å²) in [6, 6.07) is 8.05. The number of amidine groups is 2. The van der Waals surface area contributed by atoms with Crippen LogP contribution in [0.5, 0.6) is 5.75 Å². The molecule has 0 spiro atoms. The summed E-state index contributed by atoms with van der Waals surface area (Å²) in [5, 5.41) is 0. The van der Waals surface area contributed by atoms with Crippen molar-refractivity contribution in [2.45, 2.75) is 0 Å². The zero-order valence-electron chi connectivity index (χ0n) is 14.0. The maximum atomic E-state index is 5.54. The molecule has 1 fully saturated rings. The average molecular weight is 325 g/mol. The normalized spacial score (nSPS) is 25.8. The first-order valence-corrected chi connectivity index (χ1v) is 8.11. The lowest BCUT2D eigenvalue weighted by atomic mass is 10.1. The van der Waals surface area contributed by atoms with Crippen LogP contribution in [0.1, 0.15) is 5.56 Å². The van der Waals surface area contributed by atoms with E-state index in [0.29, 0.717) is 4.48 Å². The molecule has 1 unspecified atom stereocenters. The first-order chi connectivity index (χ1) is 11.7. The van der Waals surface area contributed by atoms with E-state index >= 15 is 0 Å². The molecule has 1 aromatic carbocycles. The van der Waals surface area contributed by atoms with Crippen LogP contribution in [0.3, 0.4) is 0 Å². The van der Waals surface area contributed by atoms with E-state index in [1.54, 1.807) is 7.11 Å². The molecule has 4 rings (SSSR count). The van der Waals surface area contributed by atoms with Crippen LogP contribution in [-0.2, 0) is 4.74 Å². The first-order valence-electron chi connectivity index (χ1n) is 8.11. The van der Waals surface area contributed by atoms with E-state index in [2.05, 4.69) is 29.2 Å². The van der Waals surface area contributed by atoms with Gasteiger partial charge in [-0.05, 0) is 12.1 Å². The van der Waals surface area contributed by atoms with Gasteiger partial charge in [0.1, 0.15) is 11.9 Å². The highest BCUT2D eigenvalue weighted by molar-refractivity contribution is 6.39. The van der Waals surface area contributed by atoms with Crippen LogP contribution in [0.2, 0.25) is 0 Å². The Bertz CT molecular complexity index is 775. The lowest BCUT2D eigenvalue weighted by Crippen LogP contribution is -2.54. The number of hydrogen-bond donors (Lipinski definition) is 0. The monoisotopic (exact) mass is 325 g/mol. The lowest BCUT2D eigenvalue weighted by molar-refractivity contribution is -0.680. The minimum atomic E-state index is 0.497. The maximum absolute atomic E-state index is 5.54. The molecule has 0 saturated carbocycles. The Labute approximate surface area is 141 Å². The Balaban J connectivity index is 1.70. The number of morpholine rings is 1. The van der Waals surface area contributed by atoms with Crippen LogP contribution in [0.15, 0.2) is 52.9 Å². The predicted octanol–water partition coefficient (Wildman–Crippen LogP) is 2.07. The van der Waals surface area contributed by atoms with Gasteiger partial charge in [0.15, 0.2) is 5.70 Å². The minimum absolute atomic E-state index is 0.497. The van der Waals surface area contributed by atoms with Gasteiger partial charge in [0.2, 0.25) is 5.84 Å². The molecule has 0 aliphatic carbocycles. The summed E-state index contributed by atoms with van der Waals surface area (Å²) in [6.07, 6.45) is 5.87. The van der Waals surface area contributed by atoms with Crippen molar-refractivity contribution in [3.05, 3.63) is 48.4 Å². The molecular formula is C18H21N4O2+. The zero-order valence-corrected chi connectivity index (χ0v) is 14.0. The smallest absolute Gasteiger partial charge is 0.281 e. The molecule has 0 aromatic heterocycles. The second-order valence-electron chi connectivity index (χ2n) is 6.09. The van der Waals surface area contributed by atoms with Gasteiger partial charge >= 0.3 is 0 Å². The molecule has 6 nitrogen and oxygen atoms in total. The SMILES string of the molecule is COc1ccccc1C1=CN=C2C(N3CCOCC3)=NC=C[N+]12C. The van der Waals surface area contributed by atoms with Gasteiger partial charge in [0.05, 0.1) is 45.3 Å². The number of likely N-dealkylation sites (N-methyl/N-ethyl adjacent to an activating group) is 1. The number of hydrogen-bond acceptors (Lipinski definition) is 5. The summed E-state index contributed by atoms with van der Waals surface area (Å²) >= 11 is 0. The van der Waals surface area contributed by atoms with Crippen LogP contribution in [0, 0.1) is 0 Å². The van der Waals surface area contributed by atoms with E-state index in [1.807, 2.05) is 30.6 Å². The zero-order chi connectivity index (χ0) is 16.6. The van der Waals surface area contributed by atoms with Gasteiger partial charge in [-0.15, -0.1) is 0 Å². The number of benzene rings is 1. The van der Waals surface area contributed by atoms with Crippen molar-refractivity contribution >= 4 is 17.4 Å². The summed E-state index contributed by atoms with van der Waals surface area (Å²) in [5.74, 6) is 2.73. The van der Waals surface area contributed by atoms with Gasteiger partial charge in [-0.3, -0.25) is 0 Å². The van der Waals surface area contributed by atoms with Crippen molar-refractivity contribution < 1.29 is 14.0 Å². The molecule has 0 N–H and O–H groups in total. The molecule has 1 aromatic rings. The Morgan fingerprint density at radius 2 is 1.96 bits per heavy atom. The minimum Gasteiger partial charge on any atom is -0.496 e. The molecule has 0 amide bonds. The summed E-state index contributed by atoms with van der Waals surface area (Å²) in [5.41, 5.74) is 2.13. The molecule has 0 bridgehead atoms. The third kappa shape index (κ3) is 2.26. The van der Waals surface area contributed by atoms with Gasteiger partial charge in [-0.25, -0.2) is 9.48 Å². The summed E-state index contributed by atoms with van der Waals surface area (Å²) < 4.78 is 11.5.